The highest BCUT2D eigenvalue weighted by Crippen LogP contribution is 2.50. The molecule has 0 saturated heterocycles. The van der Waals surface area contributed by atoms with E-state index in [1.54, 1.807) is 13.2 Å². The second-order valence-corrected chi connectivity index (χ2v) is 5.95. The van der Waals surface area contributed by atoms with Gasteiger partial charge in [-0.05, 0) is 42.2 Å². The summed E-state index contributed by atoms with van der Waals surface area (Å²) in [6, 6.07) is 13.1. The lowest BCUT2D eigenvalue weighted by Gasteiger charge is -2.37. The average Bonchev–Trinajstić information content (AvgIpc) is 3.04. The van der Waals surface area contributed by atoms with Gasteiger partial charge in [0.15, 0.2) is 0 Å². The predicted molar refractivity (Wildman–Crippen MR) is 85.7 cm³/mol. The minimum absolute atomic E-state index is 0.00194. The summed E-state index contributed by atoms with van der Waals surface area (Å²) in [6.45, 7) is 0. The summed E-state index contributed by atoms with van der Waals surface area (Å²) in [6.07, 6.45) is 5.42. The highest BCUT2D eigenvalue weighted by Gasteiger charge is 2.38. The maximum atomic E-state index is 14.2. The zero-order chi connectivity index (χ0) is 15.1. The average molecular weight is 295 g/mol. The Morgan fingerprint density at radius 1 is 1.14 bits per heavy atom. The first-order chi connectivity index (χ1) is 10.8. The third-order valence-electron chi connectivity index (χ3n) is 4.81. The Kier molecular flexibility index (Phi) is 3.14. The molecule has 1 heterocycles. The number of hydrogen-bond acceptors (Lipinski definition) is 2. The lowest BCUT2D eigenvalue weighted by Crippen LogP contribution is -2.29. The summed E-state index contributed by atoms with van der Waals surface area (Å²) in [5.41, 5.74) is 3.07. The molecule has 112 valence electrons. The van der Waals surface area contributed by atoms with Gasteiger partial charge in [-0.25, -0.2) is 4.39 Å². The molecule has 0 fully saturated rings. The summed E-state index contributed by atoms with van der Waals surface area (Å²) < 4.78 is 19.6. The number of hydrogen-bond donors (Lipinski definition) is 1. The van der Waals surface area contributed by atoms with Crippen molar-refractivity contribution in [2.45, 2.75) is 18.4 Å². The first-order valence-corrected chi connectivity index (χ1v) is 7.63. The van der Waals surface area contributed by atoms with Crippen molar-refractivity contribution in [2.24, 2.45) is 5.92 Å². The van der Waals surface area contributed by atoms with Crippen LogP contribution in [0, 0.1) is 11.7 Å². The third kappa shape index (κ3) is 2.00. The number of methoxy groups -OCH3 is 1. The molecule has 3 atom stereocenters. The van der Waals surface area contributed by atoms with E-state index in [1.807, 2.05) is 24.3 Å². The summed E-state index contributed by atoms with van der Waals surface area (Å²) in [7, 11) is 1.68. The van der Waals surface area contributed by atoms with Gasteiger partial charge in [0, 0.05) is 17.2 Å². The number of nitrogens with one attached hydrogen (secondary N) is 1. The molecule has 0 bridgehead atoms. The number of benzene rings is 2. The lowest BCUT2D eigenvalue weighted by atomic mass is 9.77. The Morgan fingerprint density at radius 2 is 2.00 bits per heavy atom. The standard InChI is InChI=1S/C19H18FNO/c1-22-12-9-10-18-16(11-12)13-6-4-7-14(13)19(21-18)15-5-2-3-8-17(15)20/h2-6,8-11,13-14,19,21H,7H2,1H3/t13-,14+,19-/m1/s1. The molecular weight excluding hydrogens is 277 g/mol. The van der Waals surface area contributed by atoms with Crippen LogP contribution in [-0.4, -0.2) is 7.11 Å². The van der Waals surface area contributed by atoms with Crippen molar-refractivity contribution in [1.82, 2.24) is 0 Å². The minimum atomic E-state index is -0.136. The van der Waals surface area contributed by atoms with Crippen LogP contribution >= 0.6 is 0 Å². The van der Waals surface area contributed by atoms with E-state index in [0.717, 1.165) is 23.4 Å². The smallest absolute Gasteiger partial charge is 0.128 e. The summed E-state index contributed by atoms with van der Waals surface area (Å²) in [5.74, 6) is 1.39. The molecule has 2 aromatic rings. The van der Waals surface area contributed by atoms with E-state index in [9.17, 15) is 4.39 Å². The second kappa shape index (κ2) is 5.16. The van der Waals surface area contributed by atoms with Crippen molar-refractivity contribution < 1.29 is 9.13 Å². The normalized spacial score (nSPS) is 25.3. The van der Waals surface area contributed by atoms with Crippen LogP contribution in [0.1, 0.15) is 29.5 Å². The van der Waals surface area contributed by atoms with Gasteiger partial charge in [0.25, 0.3) is 0 Å². The number of rotatable bonds is 2. The van der Waals surface area contributed by atoms with Crippen LogP contribution in [0.5, 0.6) is 5.75 Å². The van der Waals surface area contributed by atoms with E-state index >= 15 is 0 Å². The highest BCUT2D eigenvalue weighted by molar-refractivity contribution is 5.61. The Bertz CT molecular complexity index is 740. The second-order valence-electron chi connectivity index (χ2n) is 5.95. The van der Waals surface area contributed by atoms with E-state index < -0.39 is 0 Å². The SMILES string of the molecule is COc1ccc2c(c1)[C@@H]1C=CC[C@@H]1[C@H](c1ccccc1F)N2. The number of allylic oxidation sites excluding steroid dienone is 2. The fourth-order valence-corrected chi connectivity index (χ4v) is 3.73. The zero-order valence-corrected chi connectivity index (χ0v) is 12.4. The van der Waals surface area contributed by atoms with Crippen LogP contribution in [0.2, 0.25) is 0 Å². The molecule has 4 rings (SSSR count). The van der Waals surface area contributed by atoms with Crippen molar-refractivity contribution in [3.05, 3.63) is 71.6 Å². The van der Waals surface area contributed by atoms with E-state index in [1.165, 1.54) is 11.6 Å². The van der Waals surface area contributed by atoms with Crippen molar-refractivity contribution in [3.63, 3.8) is 0 Å². The van der Waals surface area contributed by atoms with Crippen molar-refractivity contribution in [3.8, 4) is 5.75 Å². The molecule has 0 saturated carbocycles. The van der Waals surface area contributed by atoms with Gasteiger partial charge in [-0.2, -0.15) is 0 Å². The van der Waals surface area contributed by atoms with E-state index in [0.29, 0.717) is 11.8 Å². The molecule has 0 spiro atoms. The first kappa shape index (κ1) is 13.4. The van der Waals surface area contributed by atoms with Gasteiger partial charge in [0.05, 0.1) is 13.2 Å². The molecule has 0 unspecified atom stereocenters. The number of halogens is 1. The molecule has 22 heavy (non-hydrogen) atoms. The molecule has 3 heteroatoms. The molecule has 1 aliphatic carbocycles. The van der Waals surface area contributed by atoms with Gasteiger partial charge < -0.3 is 10.1 Å². The fourth-order valence-electron chi connectivity index (χ4n) is 3.73. The largest absolute Gasteiger partial charge is 0.497 e. The Morgan fingerprint density at radius 3 is 2.82 bits per heavy atom. The quantitative estimate of drug-likeness (QED) is 0.814. The van der Waals surface area contributed by atoms with Gasteiger partial charge in [0.2, 0.25) is 0 Å². The van der Waals surface area contributed by atoms with E-state index in [2.05, 4.69) is 23.5 Å². The molecule has 1 aliphatic heterocycles. The van der Waals surface area contributed by atoms with Crippen molar-refractivity contribution in [1.29, 1.82) is 0 Å². The third-order valence-corrected chi connectivity index (χ3v) is 4.81. The maximum absolute atomic E-state index is 14.2. The van der Waals surface area contributed by atoms with Crippen LogP contribution in [0.25, 0.3) is 0 Å². The molecule has 1 N–H and O–H groups in total. The lowest BCUT2D eigenvalue weighted by molar-refractivity contribution is 0.401. The molecule has 0 aromatic heterocycles. The Balaban J connectivity index is 1.80. The molecule has 2 aromatic carbocycles. The van der Waals surface area contributed by atoms with Crippen LogP contribution in [-0.2, 0) is 0 Å². The first-order valence-electron chi connectivity index (χ1n) is 7.63. The summed E-state index contributed by atoms with van der Waals surface area (Å²) >= 11 is 0. The van der Waals surface area contributed by atoms with Crippen LogP contribution < -0.4 is 10.1 Å². The summed E-state index contributed by atoms with van der Waals surface area (Å²) in [5, 5.41) is 3.54. The van der Waals surface area contributed by atoms with Gasteiger partial charge in [-0.3, -0.25) is 0 Å². The highest BCUT2D eigenvalue weighted by atomic mass is 19.1. The van der Waals surface area contributed by atoms with Crippen LogP contribution in [0.15, 0.2) is 54.6 Å². The van der Waals surface area contributed by atoms with Gasteiger partial charge in [-0.1, -0.05) is 30.4 Å². The number of anilines is 1. The summed E-state index contributed by atoms with van der Waals surface area (Å²) in [4.78, 5) is 0. The number of ether oxygens (including phenoxy) is 1. The van der Waals surface area contributed by atoms with E-state index in [4.69, 9.17) is 4.74 Å². The van der Waals surface area contributed by atoms with Crippen molar-refractivity contribution >= 4 is 5.69 Å². The van der Waals surface area contributed by atoms with E-state index in [-0.39, 0.29) is 11.9 Å². The molecule has 0 amide bonds. The van der Waals surface area contributed by atoms with Crippen LogP contribution in [0.3, 0.4) is 0 Å². The molecule has 0 radical (unpaired) electrons. The van der Waals surface area contributed by atoms with Crippen molar-refractivity contribution in [2.75, 3.05) is 12.4 Å². The predicted octanol–water partition coefficient (Wildman–Crippen LogP) is 4.66. The Hall–Kier alpha value is -2.29. The molecule has 2 aliphatic rings. The van der Waals surface area contributed by atoms with Crippen LogP contribution in [0.4, 0.5) is 10.1 Å². The molecule has 2 nitrogen and oxygen atoms in total. The van der Waals surface area contributed by atoms with Gasteiger partial charge in [-0.15, -0.1) is 0 Å². The fraction of sp³-hybridized carbons (Fsp3) is 0.263. The molecular formula is C19H18FNO. The Labute approximate surface area is 129 Å². The number of fused-ring (bicyclic) bond motifs is 3. The van der Waals surface area contributed by atoms with Gasteiger partial charge >= 0.3 is 0 Å². The zero-order valence-electron chi connectivity index (χ0n) is 12.4. The topological polar surface area (TPSA) is 21.3 Å². The minimum Gasteiger partial charge on any atom is -0.497 e. The monoisotopic (exact) mass is 295 g/mol. The maximum Gasteiger partial charge on any atom is 0.128 e. The van der Waals surface area contributed by atoms with Gasteiger partial charge in [0.1, 0.15) is 11.6 Å².